The lowest BCUT2D eigenvalue weighted by Gasteiger charge is -2.19. The summed E-state index contributed by atoms with van der Waals surface area (Å²) in [6.07, 6.45) is 0. The van der Waals surface area contributed by atoms with E-state index in [4.69, 9.17) is 20.9 Å². The third kappa shape index (κ3) is 19.7. The predicted molar refractivity (Wildman–Crippen MR) is 151 cm³/mol. The molecule has 6 nitrogen and oxygen atoms in total. The third-order valence-electron chi connectivity index (χ3n) is 3.06. The van der Waals surface area contributed by atoms with E-state index in [1.165, 1.54) is 15.3 Å². The van der Waals surface area contributed by atoms with Crippen molar-refractivity contribution in [3.05, 3.63) is 52.1 Å². The number of esters is 2. The van der Waals surface area contributed by atoms with Gasteiger partial charge in [0.2, 0.25) is 0 Å². The maximum Gasteiger partial charge on any atom is 0.317 e. The van der Waals surface area contributed by atoms with Crippen LogP contribution in [-0.2, 0) is 19.1 Å². The molecule has 2 rings (SSSR count). The molecule has 0 aliphatic heterocycles. The summed E-state index contributed by atoms with van der Waals surface area (Å²) >= 11 is 6.68. The van der Waals surface area contributed by atoms with Crippen LogP contribution in [0.15, 0.2) is 53.4 Å². The quantitative estimate of drug-likeness (QED) is 0.131. The average Bonchev–Trinajstić information content (AvgIpc) is 2.68. The Kier molecular flexibility index (Phi) is 14.8. The molecular formula is C24H34BrIN2O4S. The van der Waals surface area contributed by atoms with Gasteiger partial charge in [-0.15, -0.1) is 11.8 Å². The lowest BCUT2D eigenvalue weighted by Crippen LogP contribution is -2.24. The largest absolute Gasteiger partial charge is 0.459 e. The molecule has 2 aromatic rings. The smallest absolute Gasteiger partial charge is 0.317 e. The van der Waals surface area contributed by atoms with Crippen LogP contribution in [0.2, 0.25) is 0 Å². The van der Waals surface area contributed by atoms with Crippen molar-refractivity contribution in [2.75, 3.05) is 22.6 Å². The minimum atomic E-state index is -0.418. The summed E-state index contributed by atoms with van der Waals surface area (Å²) in [5.74, 6) is -0.0990. The number of carbonyl (C=O) groups excluding carboxylic acids is 2. The first-order valence-corrected chi connectivity index (χ1v) is 13.3. The normalized spacial score (nSPS) is 10.7. The minimum Gasteiger partial charge on any atom is -0.459 e. The second-order valence-corrected chi connectivity index (χ2v) is 11.6. The van der Waals surface area contributed by atoms with Gasteiger partial charge in [0.25, 0.3) is 0 Å². The van der Waals surface area contributed by atoms with E-state index in [-0.39, 0.29) is 22.9 Å². The van der Waals surface area contributed by atoms with Gasteiger partial charge in [0.1, 0.15) is 16.5 Å². The summed E-state index contributed by atoms with van der Waals surface area (Å²) in [4.78, 5) is 23.0. The van der Waals surface area contributed by atoms with E-state index in [1.54, 1.807) is 0 Å². The molecule has 0 heterocycles. The molecule has 4 N–H and O–H groups in total. The molecule has 0 saturated carbocycles. The van der Waals surface area contributed by atoms with E-state index in [9.17, 15) is 9.59 Å². The Hall–Kier alpha value is -1.46. The number of halogens is 2. The monoisotopic (exact) mass is 652 g/mol. The number of hydrogen-bond donors (Lipinski definition) is 2. The third-order valence-corrected chi connectivity index (χ3v) is 5.22. The van der Waals surface area contributed by atoms with Gasteiger partial charge in [0, 0.05) is 19.8 Å². The molecule has 33 heavy (non-hydrogen) atoms. The molecule has 0 unspecified atom stereocenters. The van der Waals surface area contributed by atoms with Crippen LogP contribution in [0.5, 0.6) is 0 Å². The standard InChI is InChI=1S/C12H17NO2S.C6H11BrO2.C6H6IN/c1-12(2,3)15-11(14)8-16-10-6-4-9(13)5-7-10;1-6(2,3)9-5(8)4-7;7-5-1-3-6(8)4-2-5/h4-7H,8,13H2,1-3H3;4H2,1-3H3;1-4H,8H2. The van der Waals surface area contributed by atoms with Gasteiger partial charge in [-0.3, -0.25) is 9.59 Å². The number of nitrogens with two attached hydrogens (primary N) is 2. The molecule has 0 fully saturated rings. The van der Waals surface area contributed by atoms with Crippen LogP contribution >= 0.6 is 50.3 Å². The number of alkyl halides is 1. The fourth-order valence-electron chi connectivity index (χ4n) is 1.91. The zero-order valence-electron chi connectivity index (χ0n) is 20.0. The second-order valence-electron chi connectivity index (χ2n) is 8.72. The van der Waals surface area contributed by atoms with Crippen LogP contribution < -0.4 is 11.5 Å². The van der Waals surface area contributed by atoms with Crippen molar-refractivity contribution in [1.29, 1.82) is 0 Å². The number of ether oxygens (including phenoxy) is 2. The van der Waals surface area contributed by atoms with Gasteiger partial charge in [-0.1, -0.05) is 15.9 Å². The van der Waals surface area contributed by atoms with Gasteiger partial charge >= 0.3 is 11.9 Å². The van der Waals surface area contributed by atoms with Gasteiger partial charge < -0.3 is 20.9 Å². The molecule has 0 spiro atoms. The Morgan fingerprint density at radius 3 is 1.55 bits per heavy atom. The zero-order valence-corrected chi connectivity index (χ0v) is 24.5. The minimum absolute atomic E-state index is 0.200. The van der Waals surface area contributed by atoms with Gasteiger partial charge in [-0.05, 0) is 113 Å². The number of thioether (sulfide) groups is 1. The van der Waals surface area contributed by atoms with E-state index < -0.39 is 5.60 Å². The summed E-state index contributed by atoms with van der Waals surface area (Å²) in [6.45, 7) is 11.1. The van der Waals surface area contributed by atoms with Crippen LogP contribution in [0, 0.1) is 3.57 Å². The molecule has 0 amide bonds. The predicted octanol–water partition coefficient (Wildman–Crippen LogP) is 6.30. The molecule has 0 aliphatic rings. The number of benzene rings is 2. The summed E-state index contributed by atoms with van der Waals surface area (Å²) in [5.41, 5.74) is 11.8. The number of hydrogen-bond acceptors (Lipinski definition) is 7. The molecule has 9 heteroatoms. The van der Waals surface area contributed by atoms with Crippen LogP contribution in [0.1, 0.15) is 41.5 Å². The van der Waals surface area contributed by atoms with Gasteiger partial charge in [0.05, 0.1) is 5.75 Å². The Bertz CT molecular complexity index is 828. The number of carbonyl (C=O) groups is 2. The molecule has 0 bridgehead atoms. The first-order chi connectivity index (χ1) is 15.1. The van der Waals surface area contributed by atoms with Gasteiger partial charge in [0.15, 0.2) is 0 Å². The van der Waals surface area contributed by atoms with Crippen molar-refractivity contribution in [2.24, 2.45) is 0 Å². The van der Waals surface area contributed by atoms with E-state index in [2.05, 4.69) is 38.5 Å². The van der Waals surface area contributed by atoms with Gasteiger partial charge in [-0.25, -0.2) is 0 Å². The Balaban J connectivity index is 0.000000510. The molecular weight excluding hydrogens is 619 g/mol. The first kappa shape index (κ1) is 31.5. The van der Waals surface area contributed by atoms with Crippen molar-refractivity contribution in [3.63, 3.8) is 0 Å². The van der Waals surface area contributed by atoms with Crippen LogP contribution in [0.4, 0.5) is 11.4 Å². The number of anilines is 2. The zero-order chi connectivity index (χ0) is 25.7. The maximum absolute atomic E-state index is 11.4. The van der Waals surface area contributed by atoms with E-state index in [0.717, 1.165) is 16.3 Å². The fourth-order valence-corrected chi connectivity index (χ4v) is 3.05. The Morgan fingerprint density at radius 1 is 0.818 bits per heavy atom. The molecule has 0 radical (unpaired) electrons. The maximum atomic E-state index is 11.4. The Morgan fingerprint density at radius 2 is 1.21 bits per heavy atom. The highest BCUT2D eigenvalue weighted by molar-refractivity contribution is 14.1. The van der Waals surface area contributed by atoms with Crippen LogP contribution in [0.3, 0.4) is 0 Å². The SMILES string of the molecule is CC(C)(C)OC(=O)CBr.CC(C)(C)OC(=O)CSc1ccc(N)cc1.Nc1ccc(I)cc1. The summed E-state index contributed by atoms with van der Waals surface area (Å²) < 4.78 is 11.3. The second kappa shape index (κ2) is 15.4. The lowest BCUT2D eigenvalue weighted by molar-refractivity contribution is -0.152. The van der Waals surface area contributed by atoms with Crippen molar-refractivity contribution in [3.8, 4) is 0 Å². The van der Waals surface area contributed by atoms with Crippen LogP contribution in [-0.4, -0.2) is 34.2 Å². The first-order valence-electron chi connectivity index (χ1n) is 10.1. The fraction of sp³-hybridized carbons (Fsp3) is 0.417. The number of rotatable bonds is 4. The van der Waals surface area contributed by atoms with E-state index in [1.807, 2.05) is 90.1 Å². The molecule has 2 aromatic carbocycles. The van der Waals surface area contributed by atoms with E-state index >= 15 is 0 Å². The van der Waals surface area contributed by atoms with Crippen LogP contribution in [0.25, 0.3) is 0 Å². The summed E-state index contributed by atoms with van der Waals surface area (Å²) in [6, 6.07) is 15.2. The molecule has 184 valence electrons. The molecule has 0 saturated heterocycles. The Labute approximate surface area is 223 Å². The average molecular weight is 653 g/mol. The highest BCUT2D eigenvalue weighted by atomic mass is 127. The summed E-state index contributed by atoms with van der Waals surface area (Å²) in [5, 5.41) is 0.268. The highest BCUT2D eigenvalue weighted by Gasteiger charge is 2.16. The van der Waals surface area contributed by atoms with Gasteiger partial charge in [-0.2, -0.15) is 0 Å². The number of nitrogen functional groups attached to an aromatic ring is 2. The topological polar surface area (TPSA) is 105 Å². The summed E-state index contributed by atoms with van der Waals surface area (Å²) in [7, 11) is 0. The molecule has 0 atom stereocenters. The van der Waals surface area contributed by atoms with E-state index in [0.29, 0.717) is 5.75 Å². The van der Waals surface area contributed by atoms with Crippen molar-refractivity contribution < 1.29 is 19.1 Å². The lowest BCUT2D eigenvalue weighted by atomic mass is 10.2. The molecule has 0 aromatic heterocycles. The molecule has 0 aliphatic carbocycles. The highest BCUT2D eigenvalue weighted by Crippen LogP contribution is 2.20. The van der Waals surface area contributed by atoms with Crippen molar-refractivity contribution in [2.45, 2.75) is 57.6 Å². The van der Waals surface area contributed by atoms with Crippen molar-refractivity contribution in [1.82, 2.24) is 0 Å². The van der Waals surface area contributed by atoms with Crippen molar-refractivity contribution >= 4 is 73.6 Å².